The maximum Gasteiger partial charge on any atom is 0.101 e. The fourth-order valence-corrected chi connectivity index (χ4v) is 1.30. The Balaban J connectivity index is -0.000000350. The first-order valence-corrected chi connectivity index (χ1v) is 8.99. The topological polar surface area (TPSA) is 143 Å². The van der Waals surface area contributed by atoms with Gasteiger partial charge < -0.3 is 20.8 Å². The van der Waals surface area contributed by atoms with Gasteiger partial charge in [-0.15, -0.1) is 5.56 Å². The van der Waals surface area contributed by atoms with E-state index in [1.54, 1.807) is 18.5 Å². The zero-order valence-electron chi connectivity index (χ0n) is 18.5. The van der Waals surface area contributed by atoms with Gasteiger partial charge in [0, 0.05) is 29.2 Å². The molecule has 2 aromatic rings. The maximum atomic E-state index is 8.03. The zero-order valence-corrected chi connectivity index (χ0v) is 19.5. The molecular weight excluding hydrogens is 457 g/mol. The average Bonchev–Trinajstić information content (AvgIpc) is 2.85. The molecule has 0 aliphatic heterocycles. The molecule has 1 aromatic heterocycles. The molecule has 0 aliphatic rings. The van der Waals surface area contributed by atoms with Crippen LogP contribution >= 0.6 is 0 Å². The largest absolute Gasteiger partial charge is 0.411 e. The van der Waals surface area contributed by atoms with Gasteiger partial charge in [-0.05, 0) is 39.8 Å². The Morgan fingerprint density at radius 1 is 0.688 bits per heavy atom. The fourth-order valence-electron chi connectivity index (χ4n) is 1.30. The van der Waals surface area contributed by atoms with Crippen LogP contribution in [0.5, 0.6) is 0 Å². The Labute approximate surface area is 199 Å². The number of hydrogen-bond donors (Lipinski definition) is 4. The van der Waals surface area contributed by atoms with Crippen molar-refractivity contribution >= 4 is 28.9 Å². The van der Waals surface area contributed by atoms with Gasteiger partial charge >= 0.3 is 0 Å². The van der Waals surface area contributed by atoms with Crippen molar-refractivity contribution in [1.82, 2.24) is 4.98 Å². The second-order valence-electron chi connectivity index (χ2n) is 5.58. The van der Waals surface area contributed by atoms with Gasteiger partial charge in [0.05, 0.1) is 0 Å². The van der Waals surface area contributed by atoms with Crippen molar-refractivity contribution in [1.29, 1.82) is 0 Å². The summed E-state index contributed by atoms with van der Waals surface area (Å²) >= 11 is 0. The Bertz CT molecular complexity index is 749. The summed E-state index contributed by atoms with van der Waals surface area (Å²) in [6, 6.07) is 15.8. The second kappa shape index (κ2) is 23.6. The molecule has 4 N–H and O–H groups in total. The molecule has 0 saturated carbocycles. The van der Waals surface area contributed by atoms with Crippen LogP contribution in [0.4, 0.5) is 0 Å². The van der Waals surface area contributed by atoms with E-state index in [-0.39, 0.29) is 16.8 Å². The van der Waals surface area contributed by atoms with E-state index in [0.29, 0.717) is 22.8 Å². The van der Waals surface area contributed by atoms with Crippen LogP contribution in [0.15, 0.2) is 87.6 Å². The third kappa shape index (κ3) is 19.7. The van der Waals surface area contributed by atoms with E-state index >= 15 is 0 Å². The summed E-state index contributed by atoms with van der Waals surface area (Å²) < 4.78 is 0. The Morgan fingerprint density at radius 2 is 1.03 bits per heavy atom. The molecule has 0 unspecified atom stereocenters. The number of allylic oxidation sites excluding steroid dienone is 1. The number of benzene rings is 1. The van der Waals surface area contributed by atoms with Crippen molar-refractivity contribution in [3.63, 3.8) is 0 Å². The minimum absolute atomic E-state index is 0. The number of hydrogen-bond acceptors (Lipinski definition) is 9. The van der Waals surface area contributed by atoms with E-state index < -0.39 is 0 Å². The molecule has 177 valence electrons. The average molecular weight is 487 g/mol. The fraction of sp³-hybridized carbons (Fsp3) is 0.182. The van der Waals surface area contributed by atoms with Crippen LogP contribution in [0.3, 0.4) is 0 Å². The van der Waals surface area contributed by atoms with Crippen LogP contribution in [0, 0.1) is 6.92 Å². The van der Waals surface area contributed by atoms with Crippen LogP contribution in [0.25, 0.3) is 6.08 Å². The van der Waals surface area contributed by atoms with Crippen molar-refractivity contribution in [3.8, 4) is 0 Å². The maximum absolute atomic E-state index is 8.03. The molecule has 0 spiro atoms. The molecule has 10 heteroatoms. The van der Waals surface area contributed by atoms with Gasteiger partial charge in [-0.2, -0.15) is 0 Å². The van der Waals surface area contributed by atoms with Gasteiger partial charge in [-0.1, -0.05) is 57.0 Å². The van der Waals surface area contributed by atoms with E-state index in [1.807, 2.05) is 54.6 Å². The SMILES string of the molecule is CC(=N/O)/C(C)=N/O.CC(=N/O)/C(C)=N/O.[CH2-]/C=C/c1ccccc1.[Co].c1ccncc1. The summed E-state index contributed by atoms with van der Waals surface area (Å²) in [7, 11) is 0. The van der Waals surface area contributed by atoms with Crippen molar-refractivity contribution in [3.05, 3.63) is 79.5 Å². The Kier molecular flexibility index (Phi) is 24.4. The minimum atomic E-state index is 0. The normalized spacial score (nSPS) is 11.5. The molecule has 0 fully saturated rings. The van der Waals surface area contributed by atoms with Gasteiger partial charge in [0.25, 0.3) is 0 Å². The summed E-state index contributed by atoms with van der Waals surface area (Å²) in [5.41, 5.74) is 2.45. The molecular formula is C22H30CoN5O4-. The van der Waals surface area contributed by atoms with E-state index in [2.05, 4.69) is 32.5 Å². The number of oxime groups is 4. The van der Waals surface area contributed by atoms with Crippen LogP contribution in [-0.2, 0) is 16.8 Å². The molecule has 0 atom stereocenters. The Hall–Kier alpha value is -3.63. The summed E-state index contributed by atoms with van der Waals surface area (Å²) in [4.78, 5) is 3.78. The van der Waals surface area contributed by atoms with Crippen LogP contribution in [0.2, 0.25) is 0 Å². The van der Waals surface area contributed by atoms with Crippen molar-refractivity contribution < 1.29 is 37.6 Å². The number of rotatable bonds is 3. The third-order valence-corrected chi connectivity index (χ3v) is 3.32. The molecule has 32 heavy (non-hydrogen) atoms. The molecule has 9 nitrogen and oxygen atoms in total. The zero-order chi connectivity index (χ0) is 23.9. The first-order valence-electron chi connectivity index (χ1n) is 8.99. The van der Waals surface area contributed by atoms with Gasteiger partial charge in [0.15, 0.2) is 0 Å². The Morgan fingerprint density at radius 3 is 1.25 bits per heavy atom. The summed E-state index contributed by atoms with van der Waals surface area (Å²) in [6.45, 7) is 9.75. The molecule has 1 aromatic carbocycles. The second-order valence-corrected chi connectivity index (χ2v) is 5.58. The number of nitrogens with zero attached hydrogens (tertiary/aromatic N) is 5. The predicted octanol–water partition coefficient (Wildman–Crippen LogP) is 4.99. The molecule has 1 heterocycles. The quantitative estimate of drug-likeness (QED) is 0.209. The summed E-state index contributed by atoms with van der Waals surface area (Å²) in [5.74, 6) is 0. The minimum Gasteiger partial charge on any atom is -0.411 e. The third-order valence-electron chi connectivity index (χ3n) is 3.32. The molecule has 2 rings (SSSR count). The van der Waals surface area contributed by atoms with Crippen LogP contribution in [-0.4, -0.2) is 48.7 Å². The predicted molar refractivity (Wildman–Crippen MR) is 125 cm³/mol. The van der Waals surface area contributed by atoms with E-state index in [0.717, 1.165) is 0 Å². The summed E-state index contributed by atoms with van der Waals surface area (Å²) in [5, 5.41) is 43.3. The first-order chi connectivity index (χ1) is 14.9. The van der Waals surface area contributed by atoms with Crippen molar-refractivity contribution in [2.75, 3.05) is 0 Å². The molecule has 0 bridgehead atoms. The standard InChI is InChI=1S/C9H9.C5H5N.2C4H8N2O2.Co/c1-2-6-9-7-4-3-5-8-9;1-2-4-6-5-3-1;2*1-3(5-7)4(2)6-8;/h2-8H,1H2;1-5H;2*7-8H,1-2H3;/q-1;;;;/b6-2+;;2*5-3-,6-4+;. The summed E-state index contributed by atoms with van der Waals surface area (Å²) in [6.07, 6.45) is 7.26. The molecule has 1 radical (unpaired) electrons. The van der Waals surface area contributed by atoms with E-state index in [9.17, 15) is 0 Å². The van der Waals surface area contributed by atoms with E-state index in [1.165, 1.54) is 33.3 Å². The van der Waals surface area contributed by atoms with E-state index in [4.69, 9.17) is 20.8 Å². The van der Waals surface area contributed by atoms with Gasteiger partial charge in [-0.25, -0.2) is 19.1 Å². The molecule has 0 amide bonds. The van der Waals surface area contributed by atoms with Crippen LogP contribution in [0.1, 0.15) is 33.3 Å². The molecule has 0 saturated heterocycles. The van der Waals surface area contributed by atoms with Gasteiger partial charge in [-0.3, -0.25) is 4.98 Å². The number of pyridine rings is 1. The number of aromatic nitrogens is 1. The molecule has 0 aliphatic carbocycles. The van der Waals surface area contributed by atoms with Crippen molar-refractivity contribution in [2.24, 2.45) is 20.6 Å². The van der Waals surface area contributed by atoms with Gasteiger partial charge in [0.1, 0.15) is 22.8 Å². The van der Waals surface area contributed by atoms with Crippen LogP contribution < -0.4 is 0 Å². The first kappa shape index (κ1) is 33.0. The van der Waals surface area contributed by atoms with Gasteiger partial charge in [0.2, 0.25) is 0 Å². The van der Waals surface area contributed by atoms with Crippen molar-refractivity contribution in [2.45, 2.75) is 27.7 Å². The smallest absolute Gasteiger partial charge is 0.101 e. The monoisotopic (exact) mass is 487 g/mol.